The Balaban J connectivity index is 2.63. The molecule has 0 aliphatic heterocycles. The molecule has 2 rings (SSSR count). The average molecular weight is 256 g/mol. The van der Waals surface area contributed by atoms with E-state index in [1.807, 2.05) is 0 Å². The maximum atomic E-state index is 13.7. The van der Waals surface area contributed by atoms with Gasteiger partial charge in [0.25, 0.3) is 5.91 Å². The number of halogens is 1. The van der Waals surface area contributed by atoms with Crippen LogP contribution in [-0.4, -0.2) is 15.9 Å². The van der Waals surface area contributed by atoms with Gasteiger partial charge in [-0.25, -0.2) is 14.4 Å². The van der Waals surface area contributed by atoms with Gasteiger partial charge in [0.05, 0.1) is 11.9 Å². The molecule has 0 spiro atoms. The monoisotopic (exact) mass is 256 g/mol. The van der Waals surface area contributed by atoms with E-state index < -0.39 is 11.7 Å². The van der Waals surface area contributed by atoms with Gasteiger partial charge < -0.3 is 11.5 Å². The van der Waals surface area contributed by atoms with Gasteiger partial charge in [0.2, 0.25) is 0 Å². The normalized spacial score (nSPS) is 9.89. The van der Waals surface area contributed by atoms with Crippen LogP contribution in [0.25, 0.3) is 11.3 Å². The minimum absolute atomic E-state index is 0.107. The fourth-order valence-electron chi connectivity index (χ4n) is 1.52. The molecule has 1 aromatic heterocycles. The number of rotatable bonds is 2. The van der Waals surface area contributed by atoms with Crippen molar-refractivity contribution in [3.63, 3.8) is 0 Å². The topological polar surface area (TPSA) is 94.9 Å². The minimum Gasteiger partial charge on any atom is -0.382 e. The van der Waals surface area contributed by atoms with Crippen molar-refractivity contribution in [1.82, 2.24) is 9.97 Å². The zero-order chi connectivity index (χ0) is 14.0. The van der Waals surface area contributed by atoms with Crippen molar-refractivity contribution in [2.75, 3.05) is 5.73 Å². The van der Waals surface area contributed by atoms with E-state index >= 15 is 0 Å². The molecule has 0 unspecified atom stereocenters. The first-order chi connectivity index (χ1) is 9.02. The van der Waals surface area contributed by atoms with Gasteiger partial charge in [-0.1, -0.05) is 5.92 Å². The lowest BCUT2D eigenvalue weighted by Gasteiger charge is -2.06. The molecule has 6 heteroatoms. The second-order valence-corrected chi connectivity index (χ2v) is 3.69. The van der Waals surface area contributed by atoms with E-state index in [4.69, 9.17) is 17.9 Å². The van der Waals surface area contributed by atoms with Gasteiger partial charge in [0.1, 0.15) is 5.82 Å². The number of terminal acetylenes is 1. The van der Waals surface area contributed by atoms with Crippen molar-refractivity contribution in [3.05, 3.63) is 41.5 Å². The summed E-state index contributed by atoms with van der Waals surface area (Å²) in [6, 6.07) is 4.10. The summed E-state index contributed by atoms with van der Waals surface area (Å²) in [6.07, 6.45) is 6.50. The summed E-state index contributed by atoms with van der Waals surface area (Å²) in [5, 5.41) is 0. The summed E-state index contributed by atoms with van der Waals surface area (Å²) in [5.74, 6) is 0.908. The van der Waals surface area contributed by atoms with E-state index in [1.54, 1.807) is 0 Å². The van der Waals surface area contributed by atoms with E-state index in [1.165, 1.54) is 24.4 Å². The van der Waals surface area contributed by atoms with Crippen molar-refractivity contribution in [2.45, 2.75) is 0 Å². The number of amides is 1. The molecular weight excluding hydrogens is 247 g/mol. The highest BCUT2D eigenvalue weighted by atomic mass is 19.1. The molecule has 0 saturated carbocycles. The molecule has 0 aliphatic carbocycles. The molecule has 1 aromatic carbocycles. The number of carbonyl (C=O) groups is 1. The number of carbonyl (C=O) groups excluding carboxylic acids is 1. The number of hydrogen-bond donors (Lipinski definition) is 2. The second kappa shape index (κ2) is 4.74. The maximum absolute atomic E-state index is 13.7. The zero-order valence-electron chi connectivity index (χ0n) is 9.72. The number of anilines is 1. The Hall–Kier alpha value is -2.94. The van der Waals surface area contributed by atoms with E-state index in [2.05, 4.69) is 15.9 Å². The molecule has 2 aromatic rings. The predicted molar refractivity (Wildman–Crippen MR) is 68.3 cm³/mol. The zero-order valence-corrected chi connectivity index (χ0v) is 9.72. The average Bonchev–Trinajstić information content (AvgIpc) is 2.40. The largest absolute Gasteiger partial charge is 0.382 e. The van der Waals surface area contributed by atoms with E-state index in [0.717, 1.165) is 0 Å². The van der Waals surface area contributed by atoms with Crippen LogP contribution in [0.4, 0.5) is 10.2 Å². The van der Waals surface area contributed by atoms with Gasteiger partial charge >= 0.3 is 0 Å². The number of aromatic nitrogens is 2. The predicted octanol–water partition coefficient (Wildman–Crippen LogP) is 0.945. The van der Waals surface area contributed by atoms with Crippen LogP contribution in [0.5, 0.6) is 0 Å². The van der Waals surface area contributed by atoms with Crippen molar-refractivity contribution < 1.29 is 9.18 Å². The molecule has 19 heavy (non-hydrogen) atoms. The van der Waals surface area contributed by atoms with E-state index in [0.29, 0.717) is 5.56 Å². The van der Waals surface area contributed by atoms with Crippen LogP contribution >= 0.6 is 0 Å². The molecular formula is C13H9FN4O. The lowest BCUT2D eigenvalue weighted by molar-refractivity contribution is 0.0996. The Bertz CT molecular complexity index is 706. The van der Waals surface area contributed by atoms with Crippen LogP contribution in [0.1, 0.15) is 16.1 Å². The lowest BCUT2D eigenvalue weighted by atomic mass is 10.1. The first-order valence-corrected chi connectivity index (χ1v) is 5.21. The number of primary amides is 1. The number of nitrogens with two attached hydrogens (primary N) is 2. The lowest BCUT2D eigenvalue weighted by Crippen LogP contribution is -2.17. The molecule has 94 valence electrons. The molecule has 0 atom stereocenters. The molecule has 0 aliphatic rings. The van der Waals surface area contributed by atoms with Crippen LogP contribution in [-0.2, 0) is 0 Å². The Kier molecular flexibility index (Phi) is 3.12. The van der Waals surface area contributed by atoms with Gasteiger partial charge in [0, 0.05) is 11.1 Å². The Morgan fingerprint density at radius 1 is 1.42 bits per heavy atom. The van der Waals surface area contributed by atoms with Gasteiger partial charge in [-0.3, -0.25) is 4.79 Å². The molecule has 0 saturated heterocycles. The molecule has 0 radical (unpaired) electrons. The summed E-state index contributed by atoms with van der Waals surface area (Å²) in [7, 11) is 0. The molecule has 4 N–H and O–H groups in total. The van der Waals surface area contributed by atoms with Crippen molar-refractivity contribution in [1.29, 1.82) is 0 Å². The van der Waals surface area contributed by atoms with Gasteiger partial charge in [-0.15, -0.1) is 6.42 Å². The number of nitrogen functional groups attached to an aromatic ring is 1. The van der Waals surface area contributed by atoms with Crippen molar-refractivity contribution in [2.24, 2.45) is 5.73 Å². The maximum Gasteiger partial charge on any atom is 0.271 e. The number of hydrogen-bond acceptors (Lipinski definition) is 4. The summed E-state index contributed by atoms with van der Waals surface area (Å²) < 4.78 is 13.7. The summed E-state index contributed by atoms with van der Waals surface area (Å²) in [6.45, 7) is 0. The van der Waals surface area contributed by atoms with Crippen LogP contribution < -0.4 is 11.5 Å². The SMILES string of the molecule is C#Cc1ccc(F)c(-c2cnc(N)c(C(N)=O)n2)c1. The quantitative estimate of drug-likeness (QED) is 0.782. The third-order valence-electron chi connectivity index (χ3n) is 2.44. The Labute approximate surface area is 108 Å². The third kappa shape index (κ3) is 2.35. The number of benzene rings is 1. The summed E-state index contributed by atoms with van der Waals surface area (Å²) in [4.78, 5) is 18.8. The fraction of sp³-hybridized carbons (Fsp3) is 0. The van der Waals surface area contributed by atoms with Crippen LogP contribution in [0.2, 0.25) is 0 Å². The molecule has 1 amide bonds. The van der Waals surface area contributed by atoms with Crippen molar-refractivity contribution in [3.8, 4) is 23.6 Å². The van der Waals surface area contributed by atoms with Gasteiger partial charge in [0.15, 0.2) is 11.5 Å². The first kappa shape index (κ1) is 12.5. The van der Waals surface area contributed by atoms with Gasteiger partial charge in [-0.05, 0) is 18.2 Å². The standard InChI is InChI=1S/C13H9FN4O/c1-2-7-3-4-9(14)8(5-7)10-6-17-12(15)11(18-10)13(16)19/h1,3-6H,(H2,15,17)(H2,16,19). The fourth-order valence-corrected chi connectivity index (χ4v) is 1.52. The van der Waals surface area contributed by atoms with E-state index in [-0.39, 0.29) is 22.8 Å². The van der Waals surface area contributed by atoms with Crippen LogP contribution in [0.15, 0.2) is 24.4 Å². The molecule has 5 nitrogen and oxygen atoms in total. The highest BCUT2D eigenvalue weighted by Gasteiger charge is 2.14. The highest BCUT2D eigenvalue weighted by Crippen LogP contribution is 2.22. The first-order valence-electron chi connectivity index (χ1n) is 5.21. The van der Waals surface area contributed by atoms with E-state index in [9.17, 15) is 9.18 Å². The van der Waals surface area contributed by atoms with Gasteiger partial charge in [-0.2, -0.15) is 0 Å². The summed E-state index contributed by atoms with van der Waals surface area (Å²) >= 11 is 0. The van der Waals surface area contributed by atoms with Crippen molar-refractivity contribution >= 4 is 11.7 Å². The van der Waals surface area contributed by atoms with Crippen LogP contribution in [0, 0.1) is 18.2 Å². The minimum atomic E-state index is -0.833. The molecule has 1 heterocycles. The smallest absolute Gasteiger partial charge is 0.271 e. The molecule has 0 bridgehead atoms. The number of nitrogens with zero attached hydrogens (tertiary/aromatic N) is 2. The Morgan fingerprint density at radius 3 is 2.79 bits per heavy atom. The third-order valence-corrected chi connectivity index (χ3v) is 2.44. The van der Waals surface area contributed by atoms with Crippen LogP contribution in [0.3, 0.4) is 0 Å². The second-order valence-electron chi connectivity index (χ2n) is 3.69. The molecule has 0 fully saturated rings. The highest BCUT2D eigenvalue weighted by molar-refractivity contribution is 5.95. The Morgan fingerprint density at radius 2 is 2.16 bits per heavy atom. The summed E-state index contributed by atoms with van der Waals surface area (Å²) in [5.41, 5.74) is 11.1.